The average Bonchev–Trinajstić information content (AvgIpc) is 2.39. The molecule has 0 radical (unpaired) electrons. The molecule has 0 bridgehead atoms. The second-order valence-electron chi connectivity index (χ2n) is 3.63. The highest BCUT2D eigenvalue weighted by atomic mass is 35.5. The number of methoxy groups -OCH3 is 1. The van der Waals surface area contributed by atoms with Gasteiger partial charge in [-0.2, -0.15) is 0 Å². The van der Waals surface area contributed by atoms with Gasteiger partial charge in [0.2, 0.25) is 5.88 Å². The molecule has 1 aromatic carbocycles. The van der Waals surface area contributed by atoms with Crippen LogP contribution in [0.1, 0.15) is 0 Å². The molecule has 100 valence electrons. The molecule has 0 aliphatic heterocycles. The summed E-state index contributed by atoms with van der Waals surface area (Å²) in [5.41, 5.74) is 0.334. The van der Waals surface area contributed by atoms with Crippen molar-refractivity contribution in [1.82, 2.24) is 4.98 Å². The Morgan fingerprint density at radius 2 is 1.95 bits per heavy atom. The highest BCUT2D eigenvalue weighted by Gasteiger charge is 2.17. The molecule has 2 aromatic rings. The van der Waals surface area contributed by atoms with Crippen molar-refractivity contribution < 1.29 is 13.2 Å². The summed E-state index contributed by atoms with van der Waals surface area (Å²) >= 11 is 5.87. The van der Waals surface area contributed by atoms with Crippen molar-refractivity contribution in [2.75, 3.05) is 11.8 Å². The first kappa shape index (κ1) is 13.6. The van der Waals surface area contributed by atoms with Crippen LogP contribution in [0, 0.1) is 0 Å². The number of benzene rings is 1. The van der Waals surface area contributed by atoms with E-state index in [9.17, 15) is 8.42 Å². The molecule has 1 aromatic heterocycles. The van der Waals surface area contributed by atoms with Crippen molar-refractivity contribution >= 4 is 27.3 Å². The van der Waals surface area contributed by atoms with E-state index >= 15 is 0 Å². The Labute approximate surface area is 116 Å². The number of anilines is 1. The summed E-state index contributed by atoms with van der Waals surface area (Å²) in [7, 11) is -2.24. The summed E-state index contributed by atoms with van der Waals surface area (Å²) in [5, 5.41) is 0.163. The standard InChI is InChI=1S/C12H11ClN2O3S/c1-18-12-7-6-9(8-14-12)15-19(16,17)11-5-3-2-4-10(11)13/h2-8,15H,1H3. The number of ether oxygens (including phenoxy) is 1. The number of rotatable bonds is 4. The maximum atomic E-state index is 12.1. The molecule has 0 amide bonds. The molecule has 2 rings (SSSR count). The monoisotopic (exact) mass is 298 g/mol. The Morgan fingerprint density at radius 1 is 1.21 bits per heavy atom. The number of sulfonamides is 1. The SMILES string of the molecule is COc1ccc(NS(=O)(=O)c2ccccc2Cl)cn1. The third kappa shape index (κ3) is 3.15. The van der Waals surface area contributed by atoms with E-state index in [4.69, 9.17) is 16.3 Å². The number of pyridine rings is 1. The molecule has 7 heteroatoms. The first-order valence-corrected chi connectivity index (χ1v) is 7.16. The second kappa shape index (κ2) is 5.46. The molecule has 0 aliphatic carbocycles. The van der Waals surface area contributed by atoms with Crippen LogP contribution in [0.4, 0.5) is 5.69 Å². The van der Waals surface area contributed by atoms with Crippen LogP contribution in [0.2, 0.25) is 5.02 Å². The Balaban J connectivity index is 2.28. The molecule has 0 unspecified atom stereocenters. The maximum absolute atomic E-state index is 12.1. The Bertz CT molecular complexity index is 672. The number of hydrogen-bond donors (Lipinski definition) is 1. The number of aromatic nitrogens is 1. The third-order valence-corrected chi connectivity index (χ3v) is 4.20. The van der Waals surface area contributed by atoms with Crippen molar-refractivity contribution in [3.05, 3.63) is 47.6 Å². The van der Waals surface area contributed by atoms with Gasteiger partial charge in [-0.25, -0.2) is 13.4 Å². The van der Waals surface area contributed by atoms with E-state index in [0.29, 0.717) is 11.6 Å². The van der Waals surface area contributed by atoms with Crippen molar-refractivity contribution in [2.24, 2.45) is 0 Å². The lowest BCUT2D eigenvalue weighted by atomic mass is 10.4. The van der Waals surface area contributed by atoms with Gasteiger partial charge >= 0.3 is 0 Å². The maximum Gasteiger partial charge on any atom is 0.263 e. The summed E-state index contributed by atoms with van der Waals surface area (Å²) < 4.78 is 31.5. The largest absolute Gasteiger partial charge is 0.481 e. The molecular formula is C12H11ClN2O3S. The summed E-state index contributed by atoms with van der Waals surface area (Å²) in [6, 6.07) is 9.33. The van der Waals surface area contributed by atoms with Gasteiger partial charge in [0, 0.05) is 6.07 Å². The molecular weight excluding hydrogens is 288 g/mol. The van der Waals surface area contributed by atoms with Gasteiger partial charge in [0.25, 0.3) is 10.0 Å². The van der Waals surface area contributed by atoms with Gasteiger partial charge in [-0.3, -0.25) is 4.72 Å². The summed E-state index contributed by atoms with van der Waals surface area (Å²) in [6.07, 6.45) is 1.37. The van der Waals surface area contributed by atoms with Crippen LogP contribution in [0.15, 0.2) is 47.5 Å². The van der Waals surface area contributed by atoms with Gasteiger partial charge in [0.1, 0.15) is 4.90 Å². The Hall–Kier alpha value is -1.79. The average molecular weight is 299 g/mol. The van der Waals surface area contributed by atoms with Crippen LogP contribution in [-0.4, -0.2) is 20.5 Å². The lowest BCUT2D eigenvalue weighted by Gasteiger charge is -2.09. The molecule has 0 aliphatic rings. The minimum absolute atomic E-state index is 0.0208. The van der Waals surface area contributed by atoms with Gasteiger partial charge < -0.3 is 4.74 Å². The minimum atomic E-state index is -3.73. The lowest BCUT2D eigenvalue weighted by molar-refractivity contribution is 0.398. The summed E-state index contributed by atoms with van der Waals surface area (Å²) in [6.45, 7) is 0. The highest BCUT2D eigenvalue weighted by Crippen LogP contribution is 2.23. The zero-order chi connectivity index (χ0) is 13.9. The Morgan fingerprint density at radius 3 is 2.53 bits per heavy atom. The van der Waals surface area contributed by atoms with E-state index in [1.807, 2.05) is 0 Å². The Kier molecular flexibility index (Phi) is 3.92. The molecule has 0 saturated heterocycles. The fraction of sp³-hybridized carbons (Fsp3) is 0.0833. The van der Waals surface area contributed by atoms with E-state index in [2.05, 4.69) is 9.71 Å². The fourth-order valence-corrected chi connectivity index (χ4v) is 3.00. The van der Waals surface area contributed by atoms with E-state index in [1.54, 1.807) is 24.3 Å². The normalized spacial score (nSPS) is 11.1. The first-order chi connectivity index (χ1) is 9.03. The topological polar surface area (TPSA) is 68.3 Å². The number of nitrogens with one attached hydrogen (secondary N) is 1. The molecule has 0 saturated carbocycles. The molecule has 1 heterocycles. The van der Waals surface area contributed by atoms with Crippen LogP contribution in [0.3, 0.4) is 0 Å². The molecule has 19 heavy (non-hydrogen) atoms. The third-order valence-electron chi connectivity index (χ3n) is 2.32. The zero-order valence-electron chi connectivity index (χ0n) is 10.00. The van der Waals surface area contributed by atoms with Crippen molar-refractivity contribution in [3.8, 4) is 5.88 Å². The van der Waals surface area contributed by atoms with Crippen LogP contribution in [0.5, 0.6) is 5.88 Å². The van der Waals surface area contributed by atoms with E-state index in [1.165, 1.54) is 25.4 Å². The van der Waals surface area contributed by atoms with Gasteiger partial charge in [-0.15, -0.1) is 0 Å². The highest BCUT2D eigenvalue weighted by molar-refractivity contribution is 7.92. The number of halogens is 1. The zero-order valence-corrected chi connectivity index (χ0v) is 11.6. The van der Waals surface area contributed by atoms with Gasteiger partial charge in [-0.1, -0.05) is 23.7 Å². The number of hydrogen-bond acceptors (Lipinski definition) is 4. The van der Waals surface area contributed by atoms with Crippen LogP contribution >= 0.6 is 11.6 Å². The molecule has 0 fully saturated rings. The van der Waals surface area contributed by atoms with Crippen LogP contribution < -0.4 is 9.46 Å². The predicted molar refractivity (Wildman–Crippen MR) is 73.0 cm³/mol. The smallest absolute Gasteiger partial charge is 0.263 e. The summed E-state index contributed by atoms with van der Waals surface area (Å²) in [5.74, 6) is 0.403. The number of nitrogens with zero attached hydrogens (tertiary/aromatic N) is 1. The second-order valence-corrected chi connectivity index (χ2v) is 5.68. The van der Waals surface area contributed by atoms with E-state index in [-0.39, 0.29) is 9.92 Å². The van der Waals surface area contributed by atoms with Gasteiger partial charge in [0.05, 0.1) is 24.0 Å². The molecule has 1 N–H and O–H groups in total. The van der Waals surface area contributed by atoms with Crippen molar-refractivity contribution in [1.29, 1.82) is 0 Å². The van der Waals surface area contributed by atoms with Crippen molar-refractivity contribution in [2.45, 2.75) is 4.90 Å². The molecule has 0 spiro atoms. The van der Waals surface area contributed by atoms with Gasteiger partial charge in [0.15, 0.2) is 0 Å². The predicted octanol–water partition coefficient (Wildman–Crippen LogP) is 2.54. The summed E-state index contributed by atoms with van der Waals surface area (Å²) in [4.78, 5) is 3.94. The molecule has 0 atom stereocenters. The first-order valence-electron chi connectivity index (χ1n) is 5.30. The van der Waals surface area contributed by atoms with Crippen molar-refractivity contribution in [3.63, 3.8) is 0 Å². The van der Waals surface area contributed by atoms with E-state index < -0.39 is 10.0 Å². The minimum Gasteiger partial charge on any atom is -0.481 e. The lowest BCUT2D eigenvalue weighted by Crippen LogP contribution is -2.13. The molecule has 5 nitrogen and oxygen atoms in total. The van der Waals surface area contributed by atoms with Crippen LogP contribution in [-0.2, 0) is 10.0 Å². The fourth-order valence-electron chi connectivity index (χ4n) is 1.43. The van der Waals surface area contributed by atoms with E-state index in [0.717, 1.165) is 0 Å². The van der Waals surface area contributed by atoms with Crippen LogP contribution in [0.25, 0.3) is 0 Å². The quantitative estimate of drug-likeness (QED) is 0.942. The van der Waals surface area contributed by atoms with Gasteiger partial charge in [-0.05, 0) is 18.2 Å².